The SMILES string of the molecule is CSc1nc(N)n(-c2nnc(-c3ccccc3OCCBr)s2)n1. The first kappa shape index (κ1) is 16.2. The highest BCUT2D eigenvalue weighted by Gasteiger charge is 2.16. The fourth-order valence-corrected chi connectivity index (χ4v) is 3.20. The minimum atomic E-state index is 0.292. The van der Waals surface area contributed by atoms with E-state index >= 15 is 0 Å². The Hall–Kier alpha value is -1.65. The number of alkyl halides is 1. The second-order valence-corrected chi connectivity index (χ2v) is 6.81. The van der Waals surface area contributed by atoms with E-state index in [1.165, 1.54) is 27.8 Å². The molecular formula is C13H13BrN6OS2. The normalized spacial score (nSPS) is 10.9. The number of hydrogen-bond donors (Lipinski definition) is 1. The zero-order chi connectivity index (χ0) is 16.2. The first-order valence-electron chi connectivity index (χ1n) is 6.61. The van der Waals surface area contributed by atoms with Crippen LogP contribution in [0.5, 0.6) is 5.75 Å². The van der Waals surface area contributed by atoms with E-state index in [1.807, 2.05) is 30.5 Å². The van der Waals surface area contributed by atoms with Gasteiger partial charge >= 0.3 is 0 Å². The fraction of sp³-hybridized carbons (Fsp3) is 0.231. The molecule has 1 aromatic carbocycles. The predicted octanol–water partition coefficient (Wildman–Crippen LogP) is 2.86. The zero-order valence-electron chi connectivity index (χ0n) is 12.1. The van der Waals surface area contributed by atoms with Crippen LogP contribution in [0.4, 0.5) is 5.95 Å². The maximum atomic E-state index is 5.88. The lowest BCUT2D eigenvalue weighted by Gasteiger charge is -2.07. The van der Waals surface area contributed by atoms with Gasteiger partial charge in [-0.2, -0.15) is 9.67 Å². The standard InChI is InChI=1S/C13H13BrN6OS2/c1-22-12-16-11(15)20(19-12)13-18-17-10(23-13)8-4-2-3-5-9(8)21-7-6-14/h2-5H,6-7H2,1H3,(H2,15,16,19). The van der Waals surface area contributed by atoms with Gasteiger partial charge in [-0.15, -0.1) is 15.3 Å². The molecule has 0 fully saturated rings. The minimum absolute atomic E-state index is 0.292. The summed E-state index contributed by atoms with van der Waals surface area (Å²) in [5, 5.41) is 15.4. The van der Waals surface area contributed by atoms with Crippen LogP contribution in [0.15, 0.2) is 29.4 Å². The third kappa shape index (κ3) is 3.48. The van der Waals surface area contributed by atoms with Gasteiger partial charge in [-0.05, 0) is 18.4 Å². The molecule has 7 nitrogen and oxygen atoms in total. The van der Waals surface area contributed by atoms with E-state index in [2.05, 4.69) is 36.2 Å². The van der Waals surface area contributed by atoms with Crippen LogP contribution in [0.3, 0.4) is 0 Å². The van der Waals surface area contributed by atoms with Crippen molar-refractivity contribution in [3.05, 3.63) is 24.3 Å². The summed E-state index contributed by atoms with van der Waals surface area (Å²) < 4.78 is 7.23. The van der Waals surface area contributed by atoms with Crippen molar-refractivity contribution in [2.24, 2.45) is 0 Å². The van der Waals surface area contributed by atoms with Crippen molar-refractivity contribution in [3.63, 3.8) is 0 Å². The van der Waals surface area contributed by atoms with Crippen molar-refractivity contribution in [1.29, 1.82) is 0 Å². The molecule has 0 unspecified atom stereocenters. The number of halogens is 1. The Morgan fingerprint density at radius 1 is 1.35 bits per heavy atom. The van der Waals surface area contributed by atoms with Gasteiger partial charge in [0.05, 0.1) is 12.2 Å². The number of nitrogen functional groups attached to an aromatic ring is 1. The Bertz CT molecular complexity index is 805. The molecule has 2 heterocycles. The molecule has 0 saturated carbocycles. The Kier molecular flexibility index (Phi) is 5.13. The molecule has 0 aliphatic carbocycles. The van der Waals surface area contributed by atoms with Gasteiger partial charge in [0.25, 0.3) is 0 Å². The zero-order valence-corrected chi connectivity index (χ0v) is 15.4. The number of benzene rings is 1. The summed E-state index contributed by atoms with van der Waals surface area (Å²) in [6.45, 7) is 0.579. The van der Waals surface area contributed by atoms with E-state index in [4.69, 9.17) is 10.5 Å². The van der Waals surface area contributed by atoms with E-state index < -0.39 is 0 Å². The number of aromatic nitrogens is 5. The van der Waals surface area contributed by atoms with E-state index in [0.717, 1.165) is 21.7 Å². The highest BCUT2D eigenvalue weighted by molar-refractivity contribution is 9.09. The largest absolute Gasteiger partial charge is 0.492 e. The summed E-state index contributed by atoms with van der Waals surface area (Å²) >= 11 is 6.16. The molecule has 0 aliphatic heterocycles. The topological polar surface area (TPSA) is 91.7 Å². The van der Waals surface area contributed by atoms with Crippen LogP contribution in [0.2, 0.25) is 0 Å². The number of hydrogen-bond acceptors (Lipinski definition) is 8. The average Bonchev–Trinajstić information content (AvgIpc) is 3.19. The molecule has 0 amide bonds. The number of nitrogens with two attached hydrogens (primary N) is 1. The Morgan fingerprint density at radius 2 is 2.17 bits per heavy atom. The maximum Gasteiger partial charge on any atom is 0.236 e. The molecule has 2 N–H and O–H groups in total. The molecule has 3 rings (SSSR count). The van der Waals surface area contributed by atoms with Gasteiger partial charge in [0.1, 0.15) is 5.75 Å². The van der Waals surface area contributed by atoms with Gasteiger partial charge in [-0.1, -0.05) is 51.2 Å². The summed E-state index contributed by atoms with van der Waals surface area (Å²) in [5.41, 5.74) is 6.77. The number of para-hydroxylation sites is 1. The number of ether oxygens (including phenoxy) is 1. The molecule has 0 atom stereocenters. The summed E-state index contributed by atoms with van der Waals surface area (Å²) in [7, 11) is 0. The maximum absolute atomic E-state index is 5.88. The van der Waals surface area contributed by atoms with Crippen molar-refractivity contribution >= 4 is 45.0 Å². The first-order valence-corrected chi connectivity index (χ1v) is 9.77. The van der Waals surface area contributed by atoms with Crippen LogP contribution in [0, 0.1) is 0 Å². The average molecular weight is 413 g/mol. The highest BCUT2D eigenvalue weighted by Crippen LogP contribution is 2.33. The van der Waals surface area contributed by atoms with Crippen LogP contribution in [0.1, 0.15) is 0 Å². The summed E-state index contributed by atoms with van der Waals surface area (Å²) in [6, 6.07) is 7.73. The number of rotatable bonds is 6. The highest BCUT2D eigenvalue weighted by atomic mass is 79.9. The molecule has 0 radical (unpaired) electrons. The van der Waals surface area contributed by atoms with Crippen molar-refractivity contribution in [2.75, 3.05) is 23.9 Å². The lowest BCUT2D eigenvalue weighted by atomic mass is 10.2. The van der Waals surface area contributed by atoms with Crippen molar-refractivity contribution in [3.8, 4) is 21.5 Å². The second kappa shape index (κ2) is 7.28. The monoisotopic (exact) mass is 412 g/mol. The molecule has 2 aromatic heterocycles. The molecule has 3 aromatic rings. The van der Waals surface area contributed by atoms with E-state index in [-0.39, 0.29) is 0 Å². The van der Waals surface area contributed by atoms with E-state index in [0.29, 0.717) is 22.8 Å². The van der Waals surface area contributed by atoms with Gasteiger partial charge in [0, 0.05) is 5.33 Å². The number of anilines is 1. The molecule has 0 aliphatic rings. The first-order chi connectivity index (χ1) is 11.2. The molecule has 120 valence electrons. The lowest BCUT2D eigenvalue weighted by molar-refractivity contribution is 0.346. The van der Waals surface area contributed by atoms with Crippen LogP contribution >= 0.6 is 39.0 Å². The summed E-state index contributed by atoms with van der Waals surface area (Å²) in [4.78, 5) is 4.15. The van der Waals surface area contributed by atoms with Crippen LogP contribution < -0.4 is 10.5 Å². The fourth-order valence-electron chi connectivity index (χ4n) is 1.86. The molecule has 23 heavy (non-hydrogen) atoms. The van der Waals surface area contributed by atoms with Crippen LogP contribution in [-0.2, 0) is 0 Å². The minimum Gasteiger partial charge on any atom is -0.492 e. The van der Waals surface area contributed by atoms with E-state index in [9.17, 15) is 0 Å². The number of nitrogens with zero attached hydrogens (tertiary/aromatic N) is 5. The van der Waals surface area contributed by atoms with Crippen LogP contribution in [0.25, 0.3) is 15.7 Å². The molecule has 0 saturated heterocycles. The smallest absolute Gasteiger partial charge is 0.236 e. The Balaban J connectivity index is 1.94. The Labute approximate surface area is 149 Å². The second-order valence-electron chi connectivity index (χ2n) is 4.29. The van der Waals surface area contributed by atoms with E-state index in [1.54, 1.807) is 0 Å². The quantitative estimate of drug-likeness (QED) is 0.491. The lowest BCUT2D eigenvalue weighted by Crippen LogP contribution is -2.01. The molecule has 10 heteroatoms. The van der Waals surface area contributed by atoms with Gasteiger partial charge < -0.3 is 10.5 Å². The summed E-state index contributed by atoms with van der Waals surface area (Å²) in [5.74, 6) is 1.06. The predicted molar refractivity (Wildman–Crippen MR) is 95.7 cm³/mol. The third-order valence-electron chi connectivity index (χ3n) is 2.84. The van der Waals surface area contributed by atoms with Crippen molar-refractivity contribution in [1.82, 2.24) is 25.0 Å². The van der Waals surface area contributed by atoms with Crippen molar-refractivity contribution < 1.29 is 4.74 Å². The van der Waals surface area contributed by atoms with Gasteiger partial charge in [0.2, 0.25) is 16.2 Å². The van der Waals surface area contributed by atoms with Gasteiger partial charge in [-0.3, -0.25) is 0 Å². The molecule has 0 spiro atoms. The van der Waals surface area contributed by atoms with Gasteiger partial charge in [-0.25, -0.2) is 0 Å². The summed E-state index contributed by atoms with van der Waals surface area (Å²) in [6.07, 6.45) is 1.89. The van der Waals surface area contributed by atoms with Gasteiger partial charge in [0.15, 0.2) is 5.01 Å². The molecule has 0 bridgehead atoms. The number of thioether (sulfide) groups is 1. The Morgan fingerprint density at radius 3 is 2.91 bits per heavy atom. The van der Waals surface area contributed by atoms with Crippen molar-refractivity contribution in [2.45, 2.75) is 5.16 Å². The third-order valence-corrected chi connectivity index (χ3v) is 4.64. The van der Waals surface area contributed by atoms with Crippen LogP contribution in [-0.4, -0.2) is 43.2 Å². The molecular weight excluding hydrogens is 400 g/mol.